The molecule has 6 nitrogen and oxygen atoms in total. The van der Waals surface area contributed by atoms with Crippen molar-refractivity contribution < 1.29 is 17.7 Å². The summed E-state index contributed by atoms with van der Waals surface area (Å²) in [5.41, 5.74) is 0.774. The Hall–Kier alpha value is -1.86. The van der Waals surface area contributed by atoms with E-state index in [0.29, 0.717) is 17.9 Å². The van der Waals surface area contributed by atoms with Crippen LogP contribution in [-0.2, 0) is 16.4 Å². The monoisotopic (exact) mass is 296 g/mol. The zero-order valence-electron chi connectivity index (χ0n) is 11.3. The van der Waals surface area contributed by atoms with E-state index in [1.54, 1.807) is 18.2 Å². The average molecular weight is 296 g/mol. The summed E-state index contributed by atoms with van der Waals surface area (Å²) in [5.74, 6) is 1.15. The number of aryl methyl sites for hydroxylation is 1. The first-order chi connectivity index (χ1) is 9.51. The minimum Gasteiger partial charge on any atom is -0.497 e. The molecule has 0 radical (unpaired) electrons. The fraction of sp³-hybridized carbons (Fsp3) is 0.308. The third-order valence-corrected chi connectivity index (χ3v) is 4.15. The predicted octanol–water partition coefficient (Wildman–Crippen LogP) is 1.51. The van der Waals surface area contributed by atoms with Crippen molar-refractivity contribution in [1.82, 2.24) is 9.88 Å². The van der Waals surface area contributed by atoms with Crippen LogP contribution in [0.3, 0.4) is 0 Å². The zero-order valence-corrected chi connectivity index (χ0v) is 12.1. The van der Waals surface area contributed by atoms with Gasteiger partial charge in [-0.1, -0.05) is 11.2 Å². The second-order valence-electron chi connectivity index (χ2n) is 4.26. The number of nitrogens with zero attached hydrogens (tertiary/aromatic N) is 1. The van der Waals surface area contributed by atoms with E-state index in [0.717, 1.165) is 5.69 Å². The van der Waals surface area contributed by atoms with E-state index in [4.69, 9.17) is 9.26 Å². The molecule has 0 aliphatic rings. The molecule has 0 unspecified atom stereocenters. The van der Waals surface area contributed by atoms with Gasteiger partial charge < -0.3 is 9.26 Å². The number of methoxy groups -OCH3 is 1. The van der Waals surface area contributed by atoms with E-state index in [2.05, 4.69) is 9.88 Å². The lowest BCUT2D eigenvalue weighted by Gasteiger charge is -2.07. The Kier molecular flexibility index (Phi) is 4.41. The fourth-order valence-corrected chi connectivity index (χ4v) is 2.76. The highest BCUT2D eigenvalue weighted by Gasteiger charge is 2.14. The van der Waals surface area contributed by atoms with Crippen molar-refractivity contribution in [2.24, 2.45) is 0 Å². The van der Waals surface area contributed by atoms with Gasteiger partial charge in [0.1, 0.15) is 11.5 Å². The summed E-state index contributed by atoms with van der Waals surface area (Å²) in [6.45, 7) is 2.06. The largest absolute Gasteiger partial charge is 0.497 e. The van der Waals surface area contributed by atoms with E-state index >= 15 is 0 Å². The maximum atomic E-state index is 12.1. The van der Waals surface area contributed by atoms with Crippen molar-refractivity contribution in [2.45, 2.75) is 18.2 Å². The zero-order chi connectivity index (χ0) is 14.6. The summed E-state index contributed by atoms with van der Waals surface area (Å²) >= 11 is 0. The third-order valence-electron chi connectivity index (χ3n) is 2.69. The van der Waals surface area contributed by atoms with E-state index in [-0.39, 0.29) is 11.4 Å². The number of aromatic nitrogens is 1. The topological polar surface area (TPSA) is 81.4 Å². The molecule has 0 spiro atoms. The summed E-state index contributed by atoms with van der Waals surface area (Å²) < 4.78 is 36.7. The summed E-state index contributed by atoms with van der Waals surface area (Å²) in [5, 5.41) is 3.74. The molecule has 2 aromatic rings. The standard InChI is InChI=1S/C13H16N2O4S/c1-10-8-12(19-15-10)6-7-14-20(16,17)13-5-3-4-11(9-13)18-2/h3-5,8-9,14H,6-7H2,1-2H3. The smallest absolute Gasteiger partial charge is 0.240 e. The van der Waals surface area contributed by atoms with Crippen LogP contribution >= 0.6 is 0 Å². The van der Waals surface area contributed by atoms with E-state index in [1.807, 2.05) is 6.92 Å². The number of benzene rings is 1. The van der Waals surface area contributed by atoms with Gasteiger partial charge in [0.05, 0.1) is 17.7 Å². The molecule has 0 atom stereocenters. The maximum absolute atomic E-state index is 12.1. The molecule has 0 saturated heterocycles. The molecule has 1 N–H and O–H groups in total. The second-order valence-corrected chi connectivity index (χ2v) is 6.03. The van der Waals surface area contributed by atoms with Crippen LogP contribution in [-0.4, -0.2) is 27.2 Å². The first-order valence-electron chi connectivity index (χ1n) is 6.07. The molecule has 20 heavy (non-hydrogen) atoms. The number of hydrogen-bond donors (Lipinski definition) is 1. The SMILES string of the molecule is COc1cccc(S(=O)(=O)NCCc2cc(C)no2)c1. The summed E-state index contributed by atoms with van der Waals surface area (Å²) in [7, 11) is -2.06. The quantitative estimate of drug-likeness (QED) is 0.874. The molecule has 0 saturated carbocycles. The van der Waals surface area contributed by atoms with Crippen LogP contribution in [0.1, 0.15) is 11.5 Å². The van der Waals surface area contributed by atoms with Crippen LogP contribution in [0.2, 0.25) is 0 Å². The van der Waals surface area contributed by atoms with Gasteiger partial charge in [0.15, 0.2) is 0 Å². The van der Waals surface area contributed by atoms with Crippen molar-refractivity contribution in [3.05, 3.63) is 41.8 Å². The number of ether oxygens (including phenoxy) is 1. The van der Waals surface area contributed by atoms with Crippen LogP contribution in [0.5, 0.6) is 5.75 Å². The number of sulfonamides is 1. The molecular formula is C13H16N2O4S. The van der Waals surface area contributed by atoms with Gasteiger partial charge in [-0.05, 0) is 19.1 Å². The molecule has 0 fully saturated rings. The van der Waals surface area contributed by atoms with E-state index < -0.39 is 10.0 Å². The Bertz CT molecular complexity index is 679. The minimum absolute atomic E-state index is 0.172. The van der Waals surface area contributed by atoms with Gasteiger partial charge in [0, 0.05) is 25.1 Å². The first-order valence-corrected chi connectivity index (χ1v) is 7.55. The Balaban J connectivity index is 2.00. The average Bonchev–Trinajstić information content (AvgIpc) is 2.84. The van der Waals surface area contributed by atoms with E-state index in [1.165, 1.54) is 19.2 Å². The lowest BCUT2D eigenvalue weighted by atomic mass is 10.3. The van der Waals surface area contributed by atoms with Crippen LogP contribution in [0.15, 0.2) is 39.8 Å². The molecule has 1 aromatic carbocycles. The molecule has 1 heterocycles. The molecule has 0 amide bonds. The van der Waals surface area contributed by atoms with Gasteiger partial charge >= 0.3 is 0 Å². The summed E-state index contributed by atoms with van der Waals surface area (Å²) in [4.78, 5) is 0.172. The Morgan fingerprint density at radius 3 is 2.80 bits per heavy atom. The van der Waals surface area contributed by atoms with Crippen molar-refractivity contribution >= 4 is 10.0 Å². The van der Waals surface area contributed by atoms with Gasteiger partial charge in [0.25, 0.3) is 0 Å². The first kappa shape index (κ1) is 14.5. The predicted molar refractivity (Wildman–Crippen MR) is 73.1 cm³/mol. The highest BCUT2D eigenvalue weighted by atomic mass is 32.2. The van der Waals surface area contributed by atoms with Crippen LogP contribution < -0.4 is 9.46 Å². The number of rotatable bonds is 6. The molecule has 108 valence electrons. The van der Waals surface area contributed by atoms with Crippen LogP contribution in [0.25, 0.3) is 0 Å². The second kappa shape index (κ2) is 6.06. The van der Waals surface area contributed by atoms with Gasteiger partial charge in [-0.3, -0.25) is 0 Å². The van der Waals surface area contributed by atoms with Crippen LogP contribution in [0, 0.1) is 6.92 Å². The number of nitrogens with one attached hydrogen (secondary N) is 1. The van der Waals surface area contributed by atoms with Crippen molar-refractivity contribution in [3.63, 3.8) is 0 Å². The van der Waals surface area contributed by atoms with Crippen molar-refractivity contribution in [3.8, 4) is 5.75 Å². The molecule has 0 aliphatic carbocycles. The maximum Gasteiger partial charge on any atom is 0.240 e. The molecule has 7 heteroatoms. The Labute approximate surface area is 117 Å². The van der Waals surface area contributed by atoms with Crippen molar-refractivity contribution in [1.29, 1.82) is 0 Å². The Morgan fingerprint density at radius 2 is 2.15 bits per heavy atom. The molecule has 0 aliphatic heterocycles. The highest BCUT2D eigenvalue weighted by molar-refractivity contribution is 7.89. The molecular weight excluding hydrogens is 280 g/mol. The van der Waals surface area contributed by atoms with Gasteiger partial charge in [0.2, 0.25) is 10.0 Å². The fourth-order valence-electron chi connectivity index (χ4n) is 1.69. The van der Waals surface area contributed by atoms with Gasteiger partial charge in [-0.15, -0.1) is 0 Å². The van der Waals surface area contributed by atoms with Gasteiger partial charge in [-0.25, -0.2) is 13.1 Å². The number of hydrogen-bond acceptors (Lipinski definition) is 5. The molecule has 1 aromatic heterocycles. The highest BCUT2D eigenvalue weighted by Crippen LogP contribution is 2.16. The summed E-state index contributed by atoms with van der Waals surface area (Å²) in [6, 6.07) is 8.09. The van der Waals surface area contributed by atoms with Crippen molar-refractivity contribution in [2.75, 3.05) is 13.7 Å². The lowest BCUT2D eigenvalue weighted by Crippen LogP contribution is -2.25. The third kappa shape index (κ3) is 3.58. The molecule has 2 rings (SSSR count). The Morgan fingerprint density at radius 1 is 1.35 bits per heavy atom. The summed E-state index contributed by atoms with van der Waals surface area (Å²) in [6.07, 6.45) is 0.448. The van der Waals surface area contributed by atoms with E-state index in [9.17, 15) is 8.42 Å². The molecule has 0 bridgehead atoms. The van der Waals surface area contributed by atoms with Crippen LogP contribution in [0.4, 0.5) is 0 Å². The lowest BCUT2D eigenvalue weighted by molar-refractivity contribution is 0.379. The minimum atomic E-state index is -3.55. The van der Waals surface area contributed by atoms with Gasteiger partial charge in [-0.2, -0.15) is 0 Å². The normalized spacial score (nSPS) is 11.5.